The van der Waals surface area contributed by atoms with Gasteiger partial charge in [-0.3, -0.25) is 9.69 Å². The van der Waals surface area contributed by atoms with Crippen LogP contribution in [0.3, 0.4) is 0 Å². The van der Waals surface area contributed by atoms with Crippen molar-refractivity contribution in [2.24, 2.45) is 0 Å². The zero-order valence-corrected chi connectivity index (χ0v) is 16.0. The van der Waals surface area contributed by atoms with Crippen molar-refractivity contribution in [3.63, 3.8) is 0 Å². The molecule has 140 valence electrons. The van der Waals surface area contributed by atoms with E-state index in [1.54, 1.807) is 11.3 Å². The summed E-state index contributed by atoms with van der Waals surface area (Å²) in [5.74, 6) is 0.105. The molecule has 3 heterocycles. The lowest BCUT2D eigenvalue weighted by Gasteiger charge is -2.37. The maximum absolute atomic E-state index is 12.4. The molecule has 2 unspecified atom stereocenters. The minimum absolute atomic E-state index is 0.103. The second-order valence-electron chi connectivity index (χ2n) is 7.04. The Balaban J connectivity index is 1.28. The number of rotatable bonds is 5. The van der Waals surface area contributed by atoms with E-state index in [2.05, 4.69) is 33.3 Å². The van der Waals surface area contributed by atoms with Crippen molar-refractivity contribution < 1.29 is 9.53 Å². The number of hydrogen-bond acceptors (Lipinski definition) is 6. The molecule has 2 saturated heterocycles. The lowest BCUT2D eigenvalue weighted by molar-refractivity contribution is -0.126. The number of nitrogens with zero attached hydrogens (tertiary/aromatic N) is 3. The lowest BCUT2D eigenvalue weighted by Crippen LogP contribution is -2.54. The lowest BCUT2D eigenvalue weighted by atomic mass is 10.2. The highest BCUT2D eigenvalue weighted by atomic mass is 32.1. The zero-order valence-electron chi connectivity index (χ0n) is 15.2. The summed E-state index contributed by atoms with van der Waals surface area (Å²) in [6.45, 7) is 7.03. The number of para-hydroxylation sites is 1. The summed E-state index contributed by atoms with van der Waals surface area (Å²) in [6.07, 6.45) is 2.35. The van der Waals surface area contributed by atoms with Crippen LogP contribution in [0.4, 0.5) is 5.13 Å². The van der Waals surface area contributed by atoms with Gasteiger partial charge in [0, 0.05) is 39.3 Å². The van der Waals surface area contributed by atoms with Gasteiger partial charge in [-0.25, -0.2) is 4.98 Å². The highest BCUT2D eigenvalue weighted by Gasteiger charge is 2.27. The minimum Gasteiger partial charge on any atom is -0.376 e. The van der Waals surface area contributed by atoms with Gasteiger partial charge in [0.15, 0.2) is 5.13 Å². The van der Waals surface area contributed by atoms with E-state index in [-0.39, 0.29) is 18.1 Å². The molecule has 2 fully saturated rings. The fourth-order valence-electron chi connectivity index (χ4n) is 3.63. The second-order valence-corrected chi connectivity index (χ2v) is 8.05. The molecule has 0 saturated carbocycles. The standard InChI is InChI=1S/C19H26N4O2S/c1-14(18(24)20-13-15-5-4-12-25-15)22-8-10-23(11-9-22)19-21-16-6-2-3-7-17(16)26-19/h2-3,6-7,14-15H,4-5,8-13H2,1H3,(H,20,24). The molecule has 0 bridgehead atoms. The van der Waals surface area contributed by atoms with Crippen LogP contribution in [0.15, 0.2) is 24.3 Å². The maximum atomic E-state index is 12.4. The molecule has 4 rings (SSSR count). The third-order valence-corrected chi connectivity index (χ3v) is 6.42. The van der Waals surface area contributed by atoms with Crippen molar-refractivity contribution in [1.82, 2.24) is 15.2 Å². The first-order valence-electron chi connectivity index (χ1n) is 9.44. The molecule has 1 aromatic carbocycles. The number of carbonyl (C=O) groups is 1. The molecule has 2 aromatic rings. The molecule has 1 amide bonds. The Hall–Kier alpha value is -1.70. The number of nitrogens with one attached hydrogen (secondary N) is 1. The average molecular weight is 375 g/mol. The van der Waals surface area contributed by atoms with E-state index >= 15 is 0 Å². The summed E-state index contributed by atoms with van der Waals surface area (Å²) in [7, 11) is 0. The maximum Gasteiger partial charge on any atom is 0.237 e. The number of carbonyl (C=O) groups excluding carboxylic acids is 1. The Kier molecular flexibility index (Phi) is 5.38. The third kappa shape index (κ3) is 3.84. The average Bonchev–Trinajstić information content (AvgIpc) is 3.35. The number of benzene rings is 1. The molecule has 0 radical (unpaired) electrons. The van der Waals surface area contributed by atoms with Gasteiger partial charge < -0.3 is 15.0 Å². The molecular weight excluding hydrogens is 348 g/mol. The zero-order chi connectivity index (χ0) is 17.9. The number of ether oxygens (including phenoxy) is 1. The van der Waals surface area contributed by atoms with E-state index < -0.39 is 0 Å². The predicted molar refractivity (Wildman–Crippen MR) is 105 cm³/mol. The largest absolute Gasteiger partial charge is 0.376 e. The van der Waals surface area contributed by atoms with Crippen molar-refractivity contribution in [2.45, 2.75) is 31.9 Å². The van der Waals surface area contributed by atoms with Crippen molar-refractivity contribution in [1.29, 1.82) is 0 Å². The molecular formula is C19H26N4O2S. The van der Waals surface area contributed by atoms with Gasteiger partial charge in [-0.2, -0.15) is 0 Å². The fraction of sp³-hybridized carbons (Fsp3) is 0.579. The van der Waals surface area contributed by atoms with Crippen LogP contribution in [0, 0.1) is 0 Å². The highest BCUT2D eigenvalue weighted by molar-refractivity contribution is 7.22. The van der Waals surface area contributed by atoms with Crippen LogP contribution in [0.2, 0.25) is 0 Å². The number of fused-ring (bicyclic) bond motifs is 1. The molecule has 2 aliphatic rings. The Morgan fingerprint density at radius 2 is 2.15 bits per heavy atom. The molecule has 6 nitrogen and oxygen atoms in total. The van der Waals surface area contributed by atoms with E-state index in [1.165, 1.54) is 4.70 Å². The summed E-state index contributed by atoms with van der Waals surface area (Å²) in [5, 5.41) is 4.14. The van der Waals surface area contributed by atoms with Crippen LogP contribution in [0.5, 0.6) is 0 Å². The first-order valence-corrected chi connectivity index (χ1v) is 10.3. The Labute approximate surface area is 158 Å². The number of aromatic nitrogens is 1. The fourth-order valence-corrected chi connectivity index (χ4v) is 4.65. The third-order valence-electron chi connectivity index (χ3n) is 5.32. The van der Waals surface area contributed by atoms with Gasteiger partial charge in [0.1, 0.15) is 0 Å². The number of hydrogen-bond donors (Lipinski definition) is 1. The van der Waals surface area contributed by atoms with Crippen LogP contribution in [-0.2, 0) is 9.53 Å². The van der Waals surface area contributed by atoms with E-state index in [4.69, 9.17) is 9.72 Å². The van der Waals surface area contributed by atoms with Crippen molar-refractivity contribution in [3.05, 3.63) is 24.3 Å². The van der Waals surface area contributed by atoms with Crippen LogP contribution in [-0.4, -0.2) is 67.3 Å². The van der Waals surface area contributed by atoms with Gasteiger partial charge in [-0.05, 0) is 31.9 Å². The predicted octanol–water partition coefficient (Wildman–Crippen LogP) is 2.10. The molecule has 2 aliphatic heterocycles. The number of anilines is 1. The summed E-state index contributed by atoms with van der Waals surface area (Å²) >= 11 is 1.75. The minimum atomic E-state index is -0.103. The first-order chi connectivity index (χ1) is 12.7. The van der Waals surface area contributed by atoms with E-state index in [0.29, 0.717) is 6.54 Å². The Morgan fingerprint density at radius 3 is 2.88 bits per heavy atom. The summed E-state index contributed by atoms with van der Waals surface area (Å²) in [5.41, 5.74) is 1.07. The van der Waals surface area contributed by atoms with Crippen LogP contribution < -0.4 is 10.2 Å². The van der Waals surface area contributed by atoms with Gasteiger partial charge in [-0.15, -0.1) is 0 Å². The second kappa shape index (κ2) is 7.90. The van der Waals surface area contributed by atoms with Gasteiger partial charge in [0.25, 0.3) is 0 Å². The van der Waals surface area contributed by atoms with E-state index in [1.807, 2.05) is 13.0 Å². The highest BCUT2D eigenvalue weighted by Crippen LogP contribution is 2.29. The molecule has 0 aliphatic carbocycles. The Morgan fingerprint density at radius 1 is 1.35 bits per heavy atom. The summed E-state index contributed by atoms with van der Waals surface area (Å²) in [4.78, 5) is 21.8. The molecule has 7 heteroatoms. The van der Waals surface area contributed by atoms with E-state index in [9.17, 15) is 4.79 Å². The summed E-state index contributed by atoms with van der Waals surface area (Å²) < 4.78 is 6.80. The van der Waals surface area contributed by atoms with Crippen LogP contribution in [0.1, 0.15) is 19.8 Å². The molecule has 1 N–H and O–H groups in total. The Bertz CT molecular complexity index is 718. The molecule has 2 atom stereocenters. The van der Waals surface area contributed by atoms with Crippen molar-refractivity contribution in [2.75, 3.05) is 44.2 Å². The number of amides is 1. The van der Waals surface area contributed by atoms with E-state index in [0.717, 1.165) is 56.3 Å². The monoisotopic (exact) mass is 374 g/mol. The van der Waals surface area contributed by atoms with Crippen molar-refractivity contribution >= 4 is 32.6 Å². The first kappa shape index (κ1) is 17.7. The topological polar surface area (TPSA) is 57.7 Å². The molecule has 1 aromatic heterocycles. The van der Waals surface area contributed by atoms with Gasteiger partial charge in [0.05, 0.1) is 22.4 Å². The normalized spacial score (nSPS) is 22.7. The van der Waals surface area contributed by atoms with Crippen molar-refractivity contribution in [3.8, 4) is 0 Å². The van der Waals surface area contributed by atoms with Gasteiger partial charge in [0.2, 0.25) is 5.91 Å². The quantitative estimate of drug-likeness (QED) is 0.869. The van der Waals surface area contributed by atoms with Gasteiger partial charge >= 0.3 is 0 Å². The molecule has 0 spiro atoms. The number of thiazole rings is 1. The van der Waals surface area contributed by atoms with Crippen LogP contribution >= 0.6 is 11.3 Å². The van der Waals surface area contributed by atoms with Crippen LogP contribution in [0.25, 0.3) is 10.2 Å². The van der Waals surface area contributed by atoms with Gasteiger partial charge in [-0.1, -0.05) is 23.5 Å². The smallest absolute Gasteiger partial charge is 0.237 e. The summed E-state index contributed by atoms with van der Waals surface area (Å²) in [6, 6.07) is 8.16. The SMILES string of the molecule is CC(C(=O)NCC1CCCO1)N1CCN(c2nc3ccccc3s2)CC1. The molecule has 26 heavy (non-hydrogen) atoms. The number of piperazine rings is 1.